The van der Waals surface area contributed by atoms with Crippen molar-refractivity contribution in [3.8, 4) is 0 Å². The zero-order valence-corrected chi connectivity index (χ0v) is 11.9. The highest BCUT2D eigenvalue weighted by Gasteiger charge is 2.17. The van der Waals surface area contributed by atoms with Gasteiger partial charge in [-0.15, -0.1) is 0 Å². The Balaban J connectivity index is 2.14. The maximum atomic E-state index is 12.0. The SMILES string of the molecule is Cc1[nH]ncc1CNC(=O)c1cc(S(N)(=O)=O)cn1C. The molecule has 0 fully saturated rings. The van der Waals surface area contributed by atoms with Gasteiger partial charge in [-0.2, -0.15) is 5.10 Å². The molecule has 2 aromatic heterocycles. The van der Waals surface area contributed by atoms with Crippen molar-refractivity contribution < 1.29 is 13.2 Å². The molecule has 0 atom stereocenters. The summed E-state index contributed by atoms with van der Waals surface area (Å²) in [4.78, 5) is 11.9. The van der Waals surface area contributed by atoms with Gasteiger partial charge in [0.05, 0.1) is 6.20 Å². The van der Waals surface area contributed by atoms with Crippen LogP contribution >= 0.6 is 0 Å². The minimum absolute atomic E-state index is 0.0929. The highest BCUT2D eigenvalue weighted by atomic mass is 32.2. The third-order valence-corrected chi connectivity index (χ3v) is 3.80. The van der Waals surface area contributed by atoms with Crippen LogP contribution in [0, 0.1) is 6.92 Å². The van der Waals surface area contributed by atoms with Crippen LogP contribution in [0.5, 0.6) is 0 Å². The molecule has 0 radical (unpaired) electrons. The number of nitrogens with zero attached hydrogens (tertiary/aromatic N) is 2. The zero-order valence-electron chi connectivity index (χ0n) is 11.0. The molecule has 2 heterocycles. The highest BCUT2D eigenvalue weighted by molar-refractivity contribution is 7.89. The summed E-state index contributed by atoms with van der Waals surface area (Å²) >= 11 is 0. The van der Waals surface area contributed by atoms with Crippen molar-refractivity contribution in [1.82, 2.24) is 20.1 Å². The van der Waals surface area contributed by atoms with Crippen molar-refractivity contribution >= 4 is 15.9 Å². The van der Waals surface area contributed by atoms with E-state index < -0.39 is 10.0 Å². The van der Waals surface area contributed by atoms with Gasteiger partial charge in [-0.1, -0.05) is 0 Å². The number of carbonyl (C=O) groups is 1. The first-order chi connectivity index (χ1) is 9.29. The van der Waals surface area contributed by atoms with Crippen LogP contribution in [0.4, 0.5) is 0 Å². The number of carbonyl (C=O) groups excluding carboxylic acids is 1. The van der Waals surface area contributed by atoms with E-state index in [0.717, 1.165) is 11.3 Å². The Hall–Kier alpha value is -2.13. The lowest BCUT2D eigenvalue weighted by Crippen LogP contribution is -2.24. The molecule has 0 unspecified atom stereocenters. The Bertz CT molecular complexity index is 744. The van der Waals surface area contributed by atoms with Crippen LogP contribution < -0.4 is 10.5 Å². The molecule has 4 N–H and O–H groups in total. The van der Waals surface area contributed by atoms with E-state index in [4.69, 9.17) is 5.14 Å². The monoisotopic (exact) mass is 297 g/mol. The van der Waals surface area contributed by atoms with E-state index >= 15 is 0 Å². The summed E-state index contributed by atoms with van der Waals surface area (Å²) in [5.74, 6) is -0.386. The smallest absolute Gasteiger partial charge is 0.268 e. The van der Waals surface area contributed by atoms with Crippen LogP contribution in [0.2, 0.25) is 0 Å². The van der Waals surface area contributed by atoms with Gasteiger partial charge >= 0.3 is 0 Å². The van der Waals surface area contributed by atoms with Crippen molar-refractivity contribution in [2.24, 2.45) is 12.2 Å². The van der Waals surface area contributed by atoms with Gasteiger partial charge in [-0.05, 0) is 13.0 Å². The second kappa shape index (κ2) is 5.10. The predicted octanol–water partition coefficient (Wildman–Crippen LogP) is -0.366. The van der Waals surface area contributed by atoms with E-state index in [9.17, 15) is 13.2 Å². The number of amides is 1. The van der Waals surface area contributed by atoms with Gasteiger partial charge in [0.2, 0.25) is 10.0 Å². The van der Waals surface area contributed by atoms with E-state index in [2.05, 4.69) is 15.5 Å². The predicted molar refractivity (Wildman–Crippen MR) is 71.3 cm³/mol. The average Bonchev–Trinajstić information content (AvgIpc) is 2.92. The summed E-state index contributed by atoms with van der Waals surface area (Å²) in [6.07, 6.45) is 2.92. The Morgan fingerprint density at radius 1 is 1.55 bits per heavy atom. The Kier molecular flexibility index (Phi) is 3.64. The van der Waals surface area contributed by atoms with Crippen LogP contribution in [0.25, 0.3) is 0 Å². The molecule has 0 aliphatic carbocycles. The van der Waals surface area contributed by atoms with E-state index in [1.165, 1.54) is 16.8 Å². The number of sulfonamides is 1. The van der Waals surface area contributed by atoms with Crippen molar-refractivity contribution in [2.75, 3.05) is 0 Å². The lowest BCUT2D eigenvalue weighted by molar-refractivity contribution is 0.0942. The molecule has 0 saturated carbocycles. The Labute approximate surface area is 116 Å². The van der Waals surface area contributed by atoms with Crippen LogP contribution in [0.15, 0.2) is 23.4 Å². The molecule has 0 bridgehead atoms. The standard InChI is InChI=1S/C11H15N5O3S/c1-7-8(5-14-15-7)4-13-11(17)10-3-9(6-16(10)2)20(12,18)19/h3,5-6H,4H2,1-2H3,(H,13,17)(H,14,15)(H2,12,18,19). The van der Waals surface area contributed by atoms with Gasteiger partial charge in [0.15, 0.2) is 0 Å². The first-order valence-corrected chi connectivity index (χ1v) is 7.30. The van der Waals surface area contributed by atoms with E-state index in [1.807, 2.05) is 6.92 Å². The quantitative estimate of drug-likeness (QED) is 0.712. The summed E-state index contributed by atoms with van der Waals surface area (Å²) < 4.78 is 23.9. The van der Waals surface area contributed by atoms with Crippen LogP contribution in [0.3, 0.4) is 0 Å². The summed E-state index contributed by atoms with van der Waals surface area (Å²) in [6.45, 7) is 2.15. The van der Waals surface area contributed by atoms with Gasteiger partial charge in [0.1, 0.15) is 10.6 Å². The summed E-state index contributed by atoms with van der Waals surface area (Å²) in [6, 6.07) is 1.24. The fraction of sp³-hybridized carbons (Fsp3) is 0.273. The number of hydrogen-bond acceptors (Lipinski definition) is 4. The van der Waals surface area contributed by atoms with Crippen molar-refractivity contribution in [2.45, 2.75) is 18.4 Å². The number of nitrogens with one attached hydrogen (secondary N) is 2. The molecule has 0 aromatic carbocycles. The van der Waals surface area contributed by atoms with Crippen molar-refractivity contribution in [1.29, 1.82) is 0 Å². The lowest BCUT2D eigenvalue weighted by Gasteiger charge is -2.05. The number of aromatic amines is 1. The Morgan fingerprint density at radius 3 is 2.75 bits per heavy atom. The van der Waals surface area contributed by atoms with Gasteiger partial charge in [-0.25, -0.2) is 13.6 Å². The molecular weight excluding hydrogens is 282 g/mol. The first kappa shape index (κ1) is 14.3. The lowest BCUT2D eigenvalue weighted by atomic mass is 10.2. The minimum atomic E-state index is -3.82. The largest absolute Gasteiger partial charge is 0.347 e. The molecule has 0 spiro atoms. The van der Waals surface area contributed by atoms with Gasteiger partial charge in [0.25, 0.3) is 5.91 Å². The zero-order chi connectivity index (χ0) is 14.9. The summed E-state index contributed by atoms with van der Waals surface area (Å²) in [7, 11) is -2.24. The maximum Gasteiger partial charge on any atom is 0.268 e. The number of aryl methyl sites for hydroxylation is 2. The fourth-order valence-corrected chi connectivity index (χ4v) is 2.32. The van der Waals surface area contributed by atoms with Crippen molar-refractivity contribution in [3.63, 3.8) is 0 Å². The molecule has 1 amide bonds. The van der Waals surface area contributed by atoms with E-state index in [0.29, 0.717) is 6.54 Å². The number of H-pyrrole nitrogens is 1. The molecule has 9 heteroatoms. The topological polar surface area (TPSA) is 123 Å². The second-order valence-electron chi connectivity index (χ2n) is 4.42. The van der Waals surface area contributed by atoms with E-state index in [-0.39, 0.29) is 16.5 Å². The number of primary sulfonamides is 1. The van der Waals surface area contributed by atoms with E-state index in [1.54, 1.807) is 13.2 Å². The molecule has 0 aliphatic heterocycles. The summed E-state index contributed by atoms with van der Waals surface area (Å²) in [5, 5.41) is 14.3. The van der Waals surface area contributed by atoms with Crippen LogP contribution in [0.1, 0.15) is 21.7 Å². The van der Waals surface area contributed by atoms with Gasteiger partial charge < -0.3 is 9.88 Å². The summed E-state index contributed by atoms with van der Waals surface area (Å²) in [5.41, 5.74) is 1.94. The Morgan fingerprint density at radius 2 is 2.25 bits per heavy atom. The van der Waals surface area contributed by atoms with Gasteiger partial charge in [0, 0.05) is 31.0 Å². The maximum absolute atomic E-state index is 12.0. The number of hydrogen-bond donors (Lipinski definition) is 3. The fourth-order valence-electron chi connectivity index (χ4n) is 1.74. The molecule has 0 aliphatic rings. The number of aromatic nitrogens is 3. The van der Waals surface area contributed by atoms with Crippen LogP contribution in [-0.4, -0.2) is 29.1 Å². The average molecular weight is 297 g/mol. The molecular formula is C11H15N5O3S. The van der Waals surface area contributed by atoms with Crippen LogP contribution in [-0.2, 0) is 23.6 Å². The highest BCUT2D eigenvalue weighted by Crippen LogP contribution is 2.12. The molecule has 2 rings (SSSR count). The minimum Gasteiger partial charge on any atom is -0.347 e. The normalized spacial score (nSPS) is 11.6. The third kappa shape index (κ3) is 2.89. The molecule has 0 saturated heterocycles. The molecule has 8 nitrogen and oxygen atoms in total. The molecule has 108 valence electrons. The van der Waals surface area contributed by atoms with Crippen molar-refractivity contribution in [3.05, 3.63) is 35.4 Å². The van der Waals surface area contributed by atoms with Gasteiger partial charge in [-0.3, -0.25) is 9.89 Å². The molecule has 2 aromatic rings. The second-order valence-corrected chi connectivity index (χ2v) is 5.98. The number of rotatable bonds is 4. The third-order valence-electron chi connectivity index (χ3n) is 2.91. The molecule has 20 heavy (non-hydrogen) atoms. The first-order valence-electron chi connectivity index (χ1n) is 5.75. The number of nitrogens with two attached hydrogens (primary N) is 1.